The number of carbonyl (C=O) groups excluding carboxylic acids is 1. The Bertz CT molecular complexity index is 692. The molecule has 2 N–H and O–H groups in total. The zero-order valence-corrected chi connectivity index (χ0v) is 12.9. The average Bonchev–Trinajstić information content (AvgIpc) is 3.04. The predicted octanol–water partition coefficient (Wildman–Crippen LogP) is 2.11. The monoisotopic (exact) mass is 312 g/mol. The van der Waals surface area contributed by atoms with Crippen LogP contribution in [0, 0.1) is 5.41 Å². The number of rotatable bonds is 4. The van der Waals surface area contributed by atoms with Crippen LogP contribution in [0.4, 0.5) is 5.69 Å². The summed E-state index contributed by atoms with van der Waals surface area (Å²) in [4.78, 5) is 16.5. The van der Waals surface area contributed by atoms with Crippen molar-refractivity contribution in [1.82, 2.24) is 15.5 Å². The minimum atomic E-state index is -0.129. The van der Waals surface area contributed by atoms with Crippen LogP contribution >= 0.6 is 0 Å². The first-order chi connectivity index (χ1) is 11.3. The highest BCUT2D eigenvalue weighted by molar-refractivity contribution is 5.91. The zero-order chi connectivity index (χ0) is 15.7. The third-order valence-electron chi connectivity index (χ3n) is 4.95. The number of amides is 1. The Balaban J connectivity index is 1.36. The number of hydrogen-bond donors (Lipinski definition) is 2. The Morgan fingerprint density at radius 3 is 2.87 bits per heavy atom. The van der Waals surface area contributed by atoms with Crippen LogP contribution in [-0.4, -0.2) is 29.1 Å². The number of hydrogen-bond acceptors (Lipinski definition) is 5. The second-order valence-corrected chi connectivity index (χ2v) is 6.51. The molecule has 1 aromatic heterocycles. The number of benzene rings is 1. The molecule has 1 saturated carbocycles. The summed E-state index contributed by atoms with van der Waals surface area (Å²) in [7, 11) is 0. The van der Waals surface area contributed by atoms with Crippen LogP contribution in [0.2, 0.25) is 0 Å². The number of nitrogens with zero attached hydrogens (tertiary/aromatic N) is 2. The SMILES string of the molecule is O=C(Cc1noc(C2CC23CCNCC3)n1)Nc1ccccc1. The Morgan fingerprint density at radius 2 is 2.09 bits per heavy atom. The minimum absolute atomic E-state index is 0.129. The van der Waals surface area contributed by atoms with Gasteiger partial charge in [-0.15, -0.1) is 0 Å². The second-order valence-electron chi connectivity index (χ2n) is 6.51. The summed E-state index contributed by atoms with van der Waals surface area (Å²) in [6, 6.07) is 9.38. The highest BCUT2D eigenvalue weighted by Crippen LogP contribution is 2.63. The lowest BCUT2D eigenvalue weighted by Crippen LogP contribution is -2.29. The Morgan fingerprint density at radius 1 is 1.30 bits per heavy atom. The lowest BCUT2D eigenvalue weighted by molar-refractivity contribution is -0.115. The fourth-order valence-corrected chi connectivity index (χ4v) is 3.53. The molecule has 1 spiro atoms. The Labute approximate surface area is 134 Å². The van der Waals surface area contributed by atoms with Crippen molar-refractivity contribution in [3.8, 4) is 0 Å². The normalized spacial score (nSPS) is 22.0. The van der Waals surface area contributed by atoms with Gasteiger partial charge in [0.1, 0.15) is 0 Å². The third-order valence-corrected chi connectivity index (χ3v) is 4.95. The number of aromatic nitrogens is 2. The maximum Gasteiger partial charge on any atom is 0.232 e. The van der Waals surface area contributed by atoms with E-state index in [0.717, 1.165) is 25.2 Å². The van der Waals surface area contributed by atoms with Crippen molar-refractivity contribution in [2.75, 3.05) is 18.4 Å². The fourth-order valence-electron chi connectivity index (χ4n) is 3.53. The van der Waals surface area contributed by atoms with Gasteiger partial charge in [0.15, 0.2) is 5.82 Å². The summed E-state index contributed by atoms with van der Waals surface area (Å²) < 4.78 is 5.41. The average molecular weight is 312 g/mol. The van der Waals surface area contributed by atoms with Gasteiger partial charge in [-0.2, -0.15) is 4.98 Å². The van der Waals surface area contributed by atoms with Crippen LogP contribution in [-0.2, 0) is 11.2 Å². The van der Waals surface area contributed by atoms with E-state index in [4.69, 9.17) is 4.52 Å². The molecule has 2 aliphatic rings. The van der Waals surface area contributed by atoms with Crippen LogP contribution < -0.4 is 10.6 Å². The first kappa shape index (κ1) is 14.4. The lowest BCUT2D eigenvalue weighted by atomic mass is 9.92. The van der Waals surface area contributed by atoms with Gasteiger partial charge in [0.2, 0.25) is 11.8 Å². The number of anilines is 1. The van der Waals surface area contributed by atoms with E-state index in [1.54, 1.807) is 0 Å². The predicted molar refractivity (Wildman–Crippen MR) is 85.0 cm³/mol. The molecular formula is C17H20N4O2. The largest absolute Gasteiger partial charge is 0.339 e. The van der Waals surface area contributed by atoms with E-state index < -0.39 is 0 Å². The van der Waals surface area contributed by atoms with Gasteiger partial charge in [-0.1, -0.05) is 23.4 Å². The molecule has 1 atom stereocenters. The highest BCUT2D eigenvalue weighted by Gasteiger charge is 2.57. The molecule has 1 aliphatic carbocycles. The number of carbonyl (C=O) groups is 1. The zero-order valence-electron chi connectivity index (χ0n) is 12.9. The maximum atomic E-state index is 12.0. The molecule has 1 aromatic carbocycles. The summed E-state index contributed by atoms with van der Waals surface area (Å²) in [5.74, 6) is 1.41. The van der Waals surface area contributed by atoms with Crippen molar-refractivity contribution in [3.63, 3.8) is 0 Å². The standard InChI is InChI=1S/C17H20N4O2/c22-15(19-12-4-2-1-3-5-12)10-14-20-16(23-21-14)13-11-17(13)6-8-18-9-7-17/h1-5,13,18H,6-11H2,(H,19,22). The van der Waals surface area contributed by atoms with E-state index in [1.807, 2.05) is 30.3 Å². The van der Waals surface area contributed by atoms with Crippen molar-refractivity contribution >= 4 is 11.6 Å². The van der Waals surface area contributed by atoms with Crippen molar-refractivity contribution < 1.29 is 9.32 Å². The van der Waals surface area contributed by atoms with E-state index >= 15 is 0 Å². The summed E-state index contributed by atoms with van der Waals surface area (Å²) >= 11 is 0. The first-order valence-corrected chi connectivity index (χ1v) is 8.13. The molecule has 2 aromatic rings. The molecular weight excluding hydrogens is 292 g/mol. The first-order valence-electron chi connectivity index (χ1n) is 8.13. The molecule has 0 radical (unpaired) electrons. The maximum absolute atomic E-state index is 12.0. The van der Waals surface area contributed by atoms with Gasteiger partial charge in [-0.3, -0.25) is 4.79 Å². The number of para-hydroxylation sites is 1. The van der Waals surface area contributed by atoms with Crippen molar-refractivity contribution in [3.05, 3.63) is 42.0 Å². The Kier molecular flexibility index (Phi) is 3.61. The van der Waals surface area contributed by atoms with E-state index in [-0.39, 0.29) is 12.3 Å². The second kappa shape index (κ2) is 5.77. The van der Waals surface area contributed by atoms with Gasteiger partial charge in [-0.05, 0) is 49.9 Å². The lowest BCUT2D eigenvalue weighted by Gasteiger charge is -2.22. The molecule has 0 bridgehead atoms. The van der Waals surface area contributed by atoms with Crippen LogP contribution in [0.25, 0.3) is 0 Å². The van der Waals surface area contributed by atoms with Gasteiger partial charge in [0.05, 0.1) is 6.42 Å². The van der Waals surface area contributed by atoms with Crippen molar-refractivity contribution in [2.45, 2.75) is 31.6 Å². The molecule has 2 heterocycles. The molecule has 2 fully saturated rings. The summed E-state index contributed by atoms with van der Waals surface area (Å²) in [6.07, 6.45) is 3.61. The fraction of sp³-hybridized carbons (Fsp3) is 0.471. The number of nitrogens with one attached hydrogen (secondary N) is 2. The minimum Gasteiger partial charge on any atom is -0.339 e. The molecule has 1 unspecified atom stereocenters. The molecule has 1 amide bonds. The molecule has 1 saturated heterocycles. The van der Waals surface area contributed by atoms with Crippen LogP contribution in [0.1, 0.15) is 36.9 Å². The van der Waals surface area contributed by atoms with Crippen LogP contribution in [0.3, 0.4) is 0 Å². The van der Waals surface area contributed by atoms with Crippen LogP contribution in [0.15, 0.2) is 34.9 Å². The summed E-state index contributed by atoms with van der Waals surface area (Å²) in [5.41, 5.74) is 1.14. The summed E-state index contributed by atoms with van der Waals surface area (Å²) in [5, 5.41) is 10.2. The quantitative estimate of drug-likeness (QED) is 0.904. The van der Waals surface area contributed by atoms with Gasteiger partial charge in [0, 0.05) is 11.6 Å². The third kappa shape index (κ3) is 2.99. The number of piperidine rings is 1. The molecule has 6 heteroatoms. The molecule has 120 valence electrons. The van der Waals surface area contributed by atoms with E-state index in [0.29, 0.717) is 23.0 Å². The van der Waals surface area contributed by atoms with E-state index in [1.165, 1.54) is 12.8 Å². The van der Waals surface area contributed by atoms with Crippen molar-refractivity contribution in [2.24, 2.45) is 5.41 Å². The van der Waals surface area contributed by atoms with E-state index in [2.05, 4.69) is 20.8 Å². The topological polar surface area (TPSA) is 80.1 Å². The molecule has 6 nitrogen and oxygen atoms in total. The molecule has 1 aliphatic heterocycles. The molecule has 23 heavy (non-hydrogen) atoms. The summed E-state index contributed by atoms with van der Waals surface area (Å²) in [6.45, 7) is 2.13. The van der Waals surface area contributed by atoms with Gasteiger partial charge in [-0.25, -0.2) is 0 Å². The highest BCUT2D eigenvalue weighted by atomic mass is 16.5. The molecule has 4 rings (SSSR count). The Hall–Kier alpha value is -2.21. The smallest absolute Gasteiger partial charge is 0.232 e. The van der Waals surface area contributed by atoms with Gasteiger partial charge < -0.3 is 15.2 Å². The van der Waals surface area contributed by atoms with Gasteiger partial charge >= 0.3 is 0 Å². The van der Waals surface area contributed by atoms with E-state index in [9.17, 15) is 4.79 Å². The van der Waals surface area contributed by atoms with Crippen molar-refractivity contribution in [1.29, 1.82) is 0 Å². The van der Waals surface area contributed by atoms with Crippen LogP contribution in [0.5, 0.6) is 0 Å². The van der Waals surface area contributed by atoms with Gasteiger partial charge in [0.25, 0.3) is 0 Å².